The van der Waals surface area contributed by atoms with Gasteiger partial charge in [-0.2, -0.15) is 0 Å². The van der Waals surface area contributed by atoms with Crippen molar-refractivity contribution in [2.75, 3.05) is 21.3 Å². The molecular formula is C22H26N2O6. The molecule has 8 heteroatoms. The Morgan fingerprint density at radius 1 is 1.07 bits per heavy atom. The Balaban J connectivity index is 1.86. The summed E-state index contributed by atoms with van der Waals surface area (Å²) >= 11 is 0. The van der Waals surface area contributed by atoms with Crippen LogP contribution in [0, 0.1) is 5.92 Å². The highest BCUT2D eigenvalue weighted by molar-refractivity contribution is 5.78. The standard InChI is InChI=1S/C22H26N2O6/c1-14(2)22(25)24(13-17-7-6-8-29-17)12-16-11-18(30-23-16)15-9-19(26-3)21(28-5)20(10-15)27-4/h6-11,14H,12-13H2,1-5H3. The van der Waals surface area contributed by atoms with E-state index in [-0.39, 0.29) is 11.8 Å². The Kier molecular flexibility index (Phi) is 6.66. The van der Waals surface area contributed by atoms with E-state index in [9.17, 15) is 4.79 Å². The van der Waals surface area contributed by atoms with E-state index in [1.807, 2.05) is 19.9 Å². The molecule has 0 aliphatic heterocycles. The second kappa shape index (κ2) is 9.39. The van der Waals surface area contributed by atoms with Gasteiger partial charge in [-0.05, 0) is 24.3 Å². The van der Waals surface area contributed by atoms with Crippen LogP contribution in [0.3, 0.4) is 0 Å². The molecule has 160 valence electrons. The van der Waals surface area contributed by atoms with Crippen LogP contribution in [-0.2, 0) is 17.9 Å². The van der Waals surface area contributed by atoms with Crippen molar-refractivity contribution in [1.29, 1.82) is 0 Å². The molecule has 0 N–H and O–H groups in total. The van der Waals surface area contributed by atoms with E-state index in [0.29, 0.717) is 47.6 Å². The average molecular weight is 414 g/mol. The van der Waals surface area contributed by atoms with E-state index in [4.69, 9.17) is 23.2 Å². The second-order valence-electron chi connectivity index (χ2n) is 7.02. The van der Waals surface area contributed by atoms with Crippen molar-refractivity contribution >= 4 is 5.91 Å². The first-order chi connectivity index (χ1) is 14.5. The zero-order valence-electron chi connectivity index (χ0n) is 17.8. The molecule has 0 aliphatic rings. The highest BCUT2D eigenvalue weighted by Gasteiger charge is 2.22. The summed E-state index contributed by atoms with van der Waals surface area (Å²) in [6.07, 6.45) is 1.59. The van der Waals surface area contributed by atoms with Crippen molar-refractivity contribution in [1.82, 2.24) is 10.1 Å². The summed E-state index contributed by atoms with van der Waals surface area (Å²) in [6.45, 7) is 4.38. The lowest BCUT2D eigenvalue weighted by atomic mass is 10.1. The highest BCUT2D eigenvalue weighted by atomic mass is 16.5. The van der Waals surface area contributed by atoms with Crippen molar-refractivity contribution < 1.29 is 27.9 Å². The maximum atomic E-state index is 12.7. The number of hydrogen-bond donors (Lipinski definition) is 0. The fourth-order valence-electron chi connectivity index (χ4n) is 3.11. The highest BCUT2D eigenvalue weighted by Crippen LogP contribution is 2.41. The predicted octanol–water partition coefficient (Wildman–Crippen LogP) is 4.15. The number of amides is 1. The third-order valence-electron chi connectivity index (χ3n) is 4.59. The molecule has 0 saturated heterocycles. The normalized spacial score (nSPS) is 10.9. The van der Waals surface area contributed by atoms with Crippen molar-refractivity contribution in [3.63, 3.8) is 0 Å². The molecule has 0 aliphatic carbocycles. The Hall–Kier alpha value is -3.42. The number of nitrogens with zero attached hydrogens (tertiary/aromatic N) is 2. The van der Waals surface area contributed by atoms with Crippen molar-refractivity contribution in [3.8, 4) is 28.6 Å². The summed E-state index contributed by atoms with van der Waals surface area (Å²) in [5, 5.41) is 4.14. The van der Waals surface area contributed by atoms with Gasteiger partial charge in [-0.15, -0.1) is 0 Å². The molecule has 1 aromatic carbocycles. The first-order valence-electron chi connectivity index (χ1n) is 9.54. The quantitative estimate of drug-likeness (QED) is 0.520. The van der Waals surface area contributed by atoms with Gasteiger partial charge < -0.3 is 28.1 Å². The maximum absolute atomic E-state index is 12.7. The van der Waals surface area contributed by atoms with E-state index in [2.05, 4.69) is 5.16 Å². The molecule has 0 atom stereocenters. The lowest BCUT2D eigenvalue weighted by Gasteiger charge is -2.22. The van der Waals surface area contributed by atoms with Crippen LogP contribution in [-0.4, -0.2) is 37.3 Å². The Labute approximate surface area is 175 Å². The Morgan fingerprint density at radius 3 is 2.30 bits per heavy atom. The summed E-state index contributed by atoms with van der Waals surface area (Å²) in [5.74, 6) is 2.61. The van der Waals surface area contributed by atoms with Gasteiger partial charge in [0.15, 0.2) is 17.3 Å². The molecule has 2 heterocycles. The number of aromatic nitrogens is 1. The van der Waals surface area contributed by atoms with Crippen LogP contribution in [0.4, 0.5) is 0 Å². The summed E-state index contributed by atoms with van der Waals surface area (Å²) in [6, 6.07) is 9.00. The average Bonchev–Trinajstić information content (AvgIpc) is 3.43. The first-order valence-corrected chi connectivity index (χ1v) is 9.54. The van der Waals surface area contributed by atoms with Crippen molar-refractivity contribution in [2.45, 2.75) is 26.9 Å². The largest absolute Gasteiger partial charge is 0.493 e. The topological polar surface area (TPSA) is 87.2 Å². The minimum Gasteiger partial charge on any atom is -0.493 e. The number of carbonyl (C=O) groups excluding carboxylic acids is 1. The molecule has 0 spiro atoms. The predicted molar refractivity (Wildman–Crippen MR) is 109 cm³/mol. The van der Waals surface area contributed by atoms with Gasteiger partial charge in [0.1, 0.15) is 11.5 Å². The molecule has 0 radical (unpaired) electrons. The van der Waals surface area contributed by atoms with Crippen LogP contribution in [0.5, 0.6) is 17.2 Å². The van der Waals surface area contributed by atoms with Crippen LogP contribution < -0.4 is 14.2 Å². The third kappa shape index (κ3) is 4.59. The zero-order chi connectivity index (χ0) is 21.7. The van der Waals surface area contributed by atoms with E-state index < -0.39 is 0 Å². The molecule has 0 fully saturated rings. The van der Waals surface area contributed by atoms with Crippen LogP contribution in [0.25, 0.3) is 11.3 Å². The molecule has 8 nitrogen and oxygen atoms in total. The smallest absolute Gasteiger partial charge is 0.225 e. The fourth-order valence-corrected chi connectivity index (χ4v) is 3.11. The number of benzene rings is 1. The molecule has 2 aromatic heterocycles. The number of hydrogen-bond acceptors (Lipinski definition) is 7. The lowest BCUT2D eigenvalue weighted by Crippen LogP contribution is -2.33. The number of carbonyl (C=O) groups is 1. The van der Waals surface area contributed by atoms with Gasteiger partial charge in [-0.1, -0.05) is 19.0 Å². The van der Waals surface area contributed by atoms with E-state index in [1.165, 1.54) is 0 Å². The molecule has 0 bridgehead atoms. The Morgan fingerprint density at radius 2 is 1.77 bits per heavy atom. The van der Waals surface area contributed by atoms with Gasteiger partial charge in [0.2, 0.25) is 11.7 Å². The van der Waals surface area contributed by atoms with Gasteiger partial charge in [-0.25, -0.2) is 0 Å². The van der Waals surface area contributed by atoms with E-state index in [0.717, 1.165) is 5.56 Å². The van der Waals surface area contributed by atoms with Crippen LogP contribution in [0.2, 0.25) is 0 Å². The molecule has 0 unspecified atom stereocenters. The molecule has 30 heavy (non-hydrogen) atoms. The minimum absolute atomic E-state index is 0.00346. The lowest BCUT2D eigenvalue weighted by molar-refractivity contribution is -0.136. The summed E-state index contributed by atoms with van der Waals surface area (Å²) in [4.78, 5) is 14.4. The molecule has 1 amide bonds. The van der Waals surface area contributed by atoms with E-state index in [1.54, 1.807) is 56.8 Å². The number of methoxy groups -OCH3 is 3. The van der Waals surface area contributed by atoms with Gasteiger partial charge in [-0.3, -0.25) is 4.79 Å². The first kappa shape index (κ1) is 21.3. The molecule has 0 saturated carbocycles. The van der Waals surface area contributed by atoms with Crippen molar-refractivity contribution in [3.05, 3.63) is 48.0 Å². The molecule has 3 aromatic rings. The summed E-state index contributed by atoms with van der Waals surface area (Å²) in [5.41, 5.74) is 1.34. The van der Waals surface area contributed by atoms with E-state index >= 15 is 0 Å². The number of rotatable bonds is 9. The Bertz CT molecular complexity index is 952. The third-order valence-corrected chi connectivity index (χ3v) is 4.59. The van der Waals surface area contributed by atoms with Gasteiger partial charge >= 0.3 is 0 Å². The minimum atomic E-state index is -0.151. The van der Waals surface area contributed by atoms with Crippen LogP contribution in [0.1, 0.15) is 25.3 Å². The van der Waals surface area contributed by atoms with Gasteiger partial charge in [0.25, 0.3) is 0 Å². The number of ether oxygens (including phenoxy) is 3. The maximum Gasteiger partial charge on any atom is 0.225 e. The molecule has 3 rings (SSSR count). The van der Waals surface area contributed by atoms with Crippen LogP contribution in [0.15, 0.2) is 45.5 Å². The monoisotopic (exact) mass is 414 g/mol. The van der Waals surface area contributed by atoms with Crippen molar-refractivity contribution in [2.24, 2.45) is 5.92 Å². The van der Waals surface area contributed by atoms with Gasteiger partial charge in [0.05, 0.1) is 40.7 Å². The fraction of sp³-hybridized carbons (Fsp3) is 0.364. The second-order valence-corrected chi connectivity index (χ2v) is 7.02. The number of furan rings is 1. The summed E-state index contributed by atoms with van der Waals surface area (Å²) in [7, 11) is 4.65. The SMILES string of the molecule is COc1cc(-c2cc(CN(Cc3ccco3)C(=O)C(C)C)no2)cc(OC)c1OC. The molecular weight excluding hydrogens is 388 g/mol. The van der Waals surface area contributed by atoms with Crippen LogP contribution >= 0.6 is 0 Å². The summed E-state index contributed by atoms with van der Waals surface area (Å²) < 4.78 is 27.1. The zero-order valence-corrected chi connectivity index (χ0v) is 17.8. The van der Waals surface area contributed by atoms with Gasteiger partial charge in [0, 0.05) is 17.5 Å².